The Hall–Kier alpha value is -3.19. The number of hydrogen-bond donors (Lipinski definition) is 2. The molecule has 2 aromatic heterocycles. The fourth-order valence-corrected chi connectivity index (χ4v) is 2.73. The highest BCUT2D eigenvalue weighted by atomic mass is 35.5. The van der Waals surface area contributed by atoms with E-state index in [0.29, 0.717) is 21.7 Å². The number of primary amides is 1. The lowest BCUT2D eigenvalue weighted by Crippen LogP contribution is -2.20. The third-order valence-corrected chi connectivity index (χ3v) is 3.93. The number of carbonyl (C=O) groups excluding carboxylic acids is 2. The quantitative estimate of drug-likeness (QED) is 0.747. The number of benzene rings is 1. The van der Waals surface area contributed by atoms with Gasteiger partial charge in [0, 0.05) is 24.4 Å². The van der Waals surface area contributed by atoms with Crippen LogP contribution in [0.1, 0.15) is 20.8 Å². The van der Waals surface area contributed by atoms with E-state index in [-0.39, 0.29) is 17.4 Å². The third-order valence-electron chi connectivity index (χ3n) is 3.63. The molecule has 3 rings (SSSR count). The van der Waals surface area contributed by atoms with Gasteiger partial charge in [-0.3, -0.25) is 9.59 Å². The molecule has 3 aromatic rings. The summed E-state index contributed by atoms with van der Waals surface area (Å²) in [7, 11) is 1.53. The molecule has 126 valence electrons. The summed E-state index contributed by atoms with van der Waals surface area (Å²) in [4.78, 5) is 28.4. The van der Waals surface area contributed by atoms with E-state index in [1.807, 2.05) is 0 Å². The van der Waals surface area contributed by atoms with Crippen LogP contribution >= 0.6 is 11.6 Å². The van der Waals surface area contributed by atoms with Crippen molar-refractivity contribution in [2.75, 3.05) is 7.05 Å². The van der Waals surface area contributed by atoms with Crippen molar-refractivity contribution in [2.24, 2.45) is 5.73 Å². The second-order valence-electron chi connectivity index (χ2n) is 5.12. The van der Waals surface area contributed by atoms with Crippen LogP contribution in [0, 0.1) is 0 Å². The average Bonchev–Trinajstić information content (AvgIpc) is 3.06. The van der Waals surface area contributed by atoms with E-state index in [2.05, 4.69) is 15.4 Å². The number of aromatic nitrogens is 3. The molecule has 3 N–H and O–H groups in total. The maximum atomic E-state index is 12.1. The largest absolute Gasteiger partial charge is 0.364 e. The predicted octanol–water partition coefficient (Wildman–Crippen LogP) is 2.05. The second kappa shape index (κ2) is 6.74. The van der Waals surface area contributed by atoms with Crippen LogP contribution in [0.5, 0.6) is 0 Å². The number of nitrogens with two attached hydrogens (primary N) is 1. The third kappa shape index (κ3) is 2.97. The highest BCUT2D eigenvalue weighted by Gasteiger charge is 2.23. The Balaban J connectivity index is 2.26. The smallest absolute Gasteiger partial charge is 0.268 e. The SMILES string of the molecule is CNC(=O)c1ccccc1-c1cnn(-c2ncccc2Cl)c1C(N)=O. The number of nitrogens with one attached hydrogen (secondary N) is 1. The predicted molar refractivity (Wildman–Crippen MR) is 93.7 cm³/mol. The molecule has 0 spiro atoms. The van der Waals surface area contributed by atoms with Gasteiger partial charge in [-0.1, -0.05) is 29.8 Å². The number of carbonyl (C=O) groups is 2. The molecule has 7 nitrogen and oxygen atoms in total. The van der Waals surface area contributed by atoms with Crippen LogP contribution in [0.2, 0.25) is 5.02 Å². The van der Waals surface area contributed by atoms with Gasteiger partial charge in [-0.2, -0.15) is 5.10 Å². The van der Waals surface area contributed by atoms with E-state index in [0.717, 1.165) is 0 Å². The van der Waals surface area contributed by atoms with E-state index >= 15 is 0 Å². The lowest BCUT2D eigenvalue weighted by atomic mass is 9.99. The fraction of sp³-hybridized carbons (Fsp3) is 0.0588. The molecule has 0 bridgehead atoms. The van der Waals surface area contributed by atoms with Gasteiger partial charge in [-0.05, 0) is 23.8 Å². The number of hydrogen-bond acceptors (Lipinski definition) is 4. The summed E-state index contributed by atoms with van der Waals surface area (Å²) < 4.78 is 1.28. The van der Waals surface area contributed by atoms with E-state index < -0.39 is 5.91 Å². The summed E-state index contributed by atoms with van der Waals surface area (Å²) in [5.41, 5.74) is 7.03. The average molecular weight is 356 g/mol. The lowest BCUT2D eigenvalue weighted by Gasteiger charge is -2.10. The van der Waals surface area contributed by atoms with Crippen molar-refractivity contribution in [3.8, 4) is 16.9 Å². The molecule has 0 saturated heterocycles. The molecule has 0 fully saturated rings. The first-order valence-electron chi connectivity index (χ1n) is 7.34. The fourth-order valence-electron chi connectivity index (χ4n) is 2.53. The lowest BCUT2D eigenvalue weighted by molar-refractivity contribution is 0.0960. The highest BCUT2D eigenvalue weighted by Crippen LogP contribution is 2.29. The first-order chi connectivity index (χ1) is 12.0. The van der Waals surface area contributed by atoms with Gasteiger partial charge < -0.3 is 11.1 Å². The summed E-state index contributed by atoms with van der Waals surface area (Å²) in [5.74, 6) is -0.711. The Kier molecular flexibility index (Phi) is 4.49. The summed E-state index contributed by atoms with van der Waals surface area (Å²) in [6, 6.07) is 10.2. The molecular weight excluding hydrogens is 342 g/mol. The van der Waals surface area contributed by atoms with Crippen LogP contribution in [0.15, 0.2) is 48.8 Å². The van der Waals surface area contributed by atoms with Gasteiger partial charge in [0.2, 0.25) is 0 Å². The number of pyridine rings is 1. The maximum Gasteiger partial charge on any atom is 0.268 e. The molecule has 0 radical (unpaired) electrons. The van der Waals surface area contributed by atoms with Gasteiger partial charge in [0.1, 0.15) is 5.69 Å². The minimum Gasteiger partial charge on any atom is -0.364 e. The highest BCUT2D eigenvalue weighted by molar-refractivity contribution is 6.32. The summed E-state index contributed by atoms with van der Waals surface area (Å²) in [6.45, 7) is 0. The molecule has 0 aliphatic carbocycles. The summed E-state index contributed by atoms with van der Waals surface area (Å²) in [6.07, 6.45) is 3.00. The molecule has 0 atom stereocenters. The molecule has 8 heteroatoms. The molecule has 0 aliphatic heterocycles. The molecule has 0 saturated carbocycles. The molecule has 0 unspecified atom stereocenters. The van der Waals surface area contributed by atoms with Crippen LogP contribution < -0.4 is 11.1 Å². The Morgan fingerprint density at radius 3 is 2.60 bits per heavy atom. The zero-order valence-electron chi connectivity index (χ0n) is 13.2. The van der Waals surface area contributed by atoms with Gasteiger partial charge in [-0.15, -0.1) is 0 Å². The zero-order valence-corrected chi connectivity index (χ0v) is 14.0. The van der Waals surface area contributed by atoms with Crippen molar-refractivity contribution in [2.45, 2.75) is 0 Å². The molecule has 0 aliphatic rings. The van der Waals surface area contributed by atoms with Crippen LogP contribution in [0.3, 0.4) is 0 Å². The maximum absolute atomic E-state index is 12.1. The molecule has 2 amide bonds. The molecule has 25 heavy (non-hydrogen) atoms. The standard InChI is InChI=1S/C17H14ClN5O2/c1-20-17(25)11-6-3-2-5-10(11)12-9-22-23(14(12)15(19)24)16-13(18)7-4-8-21-16/h2-9H,1H3,(H2,19,24)(H,20,25). The van der Waals surface area contributed by atoms with Gasteiger partial charge in [0.15, 0.2) is 5.82 Å². The van der Waals surface area contributed by atoms with Crippen molar-refractivity contribution >= 4 is 23.4 Å². The van der Waals surface area contributed by atoms with Crippen molar-refractivity contribution < 1.29 is 9.59 Å². The number of halogens is 1. The van der Waals surface area contributed by atoms with Crippen LogP contribution in [0.4, 0.5) is 0 Å². The zero-order chi connectivity index (χ0) is 18.0. The van der Waals surface area contributed by atoms with E-state index in [1.165, 1.54) is 24.1 Å². The Morgan fingerprint density at radius 2 is 1.92 bits per heavy atom. The van der Waals surface area contributed by atoms with Gasteiger partial charge in [-0.25, -0.2) is 9.67 Å². The first-order valence-corrected chi connectivity index (χ1v) is 7.72. The van der Waals surface area contributed by atoms with Crippen molar-refractivity contribution in [1.29, 1.82) is 0 Å². The van der Waals surface area contributed by atoms with Gasteiger partial charge in [0.05, 0.1) is 11.2 Å². The first kappa shape index (κ1) is 16.7. The van der Waals surface area contributed by atoms with Crippen LogP contribution in [-0.2, 0) is 0 Å². The minimum atomic E-state index is -0.707. The Bertz CT molecular complexity index is 967. The summed E-state index contributed by atoms with van der Waals surface area (Å²) in [5, 5.41) is 7.10. The number of nitrogens with zero attached hydrogens (tertiary/aromatic N) is 3. The summed E-state index contributed by atoms with van der Waals surface area (Å²) >= 11 is 6.16. The monoisotopic (exact) mass is 355 g/mol. The Morgan fingerprint density at radius 1 is 1.16 bits per heavy atom. The topological polar surface area (TPSA) is 103 Å². The molecular formula is C17H14ClN5O2. The molecule has 1 aromatic carbocycles. The number of rotatable bonds is 4. The van der Waals surface area contributed by atoms with Crippen LogP contribution in [0.25, 0.3) is 16.9 Å². The van der Waals surface area contributed by atoms with Gasteiger partial charge in [0.25, 0.3) is 11.8 Å². The van der Waals surface area contributed by atoms with E-state index in [1.54, 1.807) is 36.4 Å². The minimum absolute atomic E-state index is 0.0944. The second-order valence-corrected chi connectivity index (χ2v) is 5.52. The van der Waals surface area contributed by atoms with Crippen molar-refractivity contribution in [1.82, 2.24) is 20.1 Å². The number of amides is 2. The van der Waals surface area contributed by atoms with Crippen molar-refractivity contribution in [3.05, 3.63) is 65.1 Å². The van der Waals surface area contributed by atoms with E-state index in [9.17, 15) is 9.59 Å². The normalized spacial score (nSPS) is 10.5. The van der Waals surface area contributed by atoms with Gasteiger partial charge >= 0.3 is 0 Å². The molecule has 2 heterocycles. The van der Waals surface area contributed by atoms with E-state index in [4.69, 9.17) is 17.3 Å². The Labute approximate surface area is 148 Å². The van der Waals surface area contributed by atoms with Crippen LogP contribution in [-0.4, -0.2) is 33.6 Å². The van der Waals surface area contributed by atoms with Crippen molar-refractivity contribution in [3.63, 3.8) is 0 Å².